The number of para-hydroxylation sites is 1. The van der Waals surface area contributed by atoms with Crippen LogP contribution in [0.2, 0.25) is 10.0 Å². The second-order valence-electron chi connectivity index (χ2n) is 3.85. The van der Waals surface area contributed by atoms with E-state index in [2.05, 4.69) is 31.1 Å². The van der Waals surface area contributed by atoms with Crippen molar-refractivity contribution in [3.8, 4) is 0 Å². The second kappa shape index (κ2) is 6.37. The van der Waals surface area contributed by atoms with Gasteiger partial charge >= 0.3 is 0 Å². The number of sulfonamides is 1. The Kier molecular flexibility index (Phi) is 4.95. The molecule has 0 spiro atoms. The summed E-state index contributed by atoms with van der Waals surface area (Å²) in [5.41, 5.74) is 2.31. The maximum absolute atomic E-state index is 12.5. The van der Waals surface area contributed by atoms with Crippen LogP contribution in [0.3, 0.4) is 0 Å². The molecule has 0 fully saturated rings. The predicted octanol–water partition coefficient (Wildman–Crippen LogP) is 3.24. The summed E-state index contributed by atoms with van der Waals surface area (Å²) in [4.78, 5) is 3.74. The summed E-state index contributed by atoms with van der Waals surface area (Å²) in [5, 5.41) is 0.354. The molecule has 0 saturated carbocycles. The van der Waals surface area contributed by atoms with E-state index in [9.17, 15) is 8.42 Å². The highest BCUT2D eigenvalue weighted by molar-refractivity contribution is 9.10. The van der Waals surface area contributed by atoms with Crippen LogP contribution in [0.5, 0.6) is 0 Å². The lowest BCUT2D eigenvalue weighted by molar-refractivity contribution is 0.601. The van der Waals surface area contributed by atoms with E-state index in [1.54, 1.807) is 6.07 Å². The molecule has 0 amide bonds. The monoisotopic (exact) mass is 410 g/mol. The number of benzene rings is 1. The third-order valence-corrected chi connectivity index (χ3v) is 4.87. The van der Waals surface area contributed by atoms with Crippen molar-refractivity contribution in [1.82, 2.24) is 4.98 Å². The van der Waals surface area contributed by atoms with Crippen LogP contribution < -0.4 is 16.0 Å². The number of nitrogens with zero attached hydrogens (tertiary/aromatic N) is 1. The standard InChI is InChI=1S/C11H9BrCl2N4O2S/c12-6-4-9(11(17-15)16-5-6)21(19,20)18-10-7(13)2-1-3-8(10)14/h1-5,18H,15H2,(H,16,17). The molecule has 0 aliphatic carbocycles. The van der Waals surface area contributed by atoms with Crippen molar-refractivity contribution in [1.29, 1.82) is 0 Å². The van der Waals surface area contributed by atoms with Gasteiger partial charge in [0.2, 0.25) is 0 Å². The second-order valence-corrected chi connectivity index (χ2v) is 7.23. The Morgan fingerprint density at radius 3 is 2.43 bits per heavy atom. The van der Waals surface area contributed by atoms with E-state index in [0.29, 0.717) is 4.47 Å². The number of anilines is 2. The molecule has 21 heavy (non-hydrogen) atoms. The van der Waals surface area contributed by atoms with E-state index in [1.165, 1.54) is 24.4 Å². The SMILES string of the molecule is NNc1ncc(Br)cc1S(=O)(=O)Nc1c(Cl)cccc1Cl. The molecule has 0 bridgehead atoms. The fraction of sp³-hybridized carbons (Fsp3) is 0. The Morgan fingerprint density at radius 2 is 1.86 bits per heavy atom. The quantitative estimate of drug-likeness (QED) is 0.530. The largest absolute Gasteiger partial charge is 0.307 e. The van der Waals surface area contributed by atoms with Gasteiger partial charge in [-0.05, 0) is 34.1 Å². The van der Waals surface area contributed by atoms with Gasteiger partial charge in [0.05, 0.1) is 15.7 Å². The number of hydrazine groups is 1. The Balaban J connectivity index is 2.51. The lowest BCUT2D eigenvalue weighted by atomic mass is 10.3. The van der Waals surface area contributed by atoms with E-state index in [4.69, 9.17) is 29.0 Å². The van der Waals surface area contributed by atoms with Crippen LogP contribution in [-0.4, -0.2) is 13.4 Å². The van der Waals surface area contributed by atoms with Crippen molar-refractivity contribution in [2.45, 2.75) is 4.90 Å². The van der Waals surface area contributed by atoms with Gasteiger partial charge in [-0.2, -0.15) is 0 Å². The van der Waals surface area contributed by atoms with Crippen LogP contribution in [0, 0.1) is 0 Å². The number of halogens is 3. The minimum Gasteiger partial charge on any atom is -0.307 e. The summed E-state index contributed by atoms with van der Waals surface area (Å²) in [6.07, 6.45) is 1.41. The fourth-order valence-electron chi connectivity index (χ4n) is 1.52. The maximum atomic E-state index is 12.5. The molecular formula is C11H9BrCl2N4O2S. The summed E-state index contributed by atoms with van der Waals surface area (Å²) in [6.45, 7) is 0. The zero-order valence-electron chi connectivity index (χ0n) is 10.3. The highest BCUT2D eigenvalue weighted by Crippen LogP contribution is 2.33. The first-order valence-electron chi connectivity index (χ1n) is 5.44. The van der Waals surface area contributed by atoms with Crippen LogP contribution in [-0.2, 0) is 10.0 Å². The number of rotatable bonds is 4. The summed E-state index contributed by atoms with van der Waals surface area (Å²) in [5.74, 6) is 5.27. The number of nitrogens with one attached hydrogen (secondary N) is 2. The van der Waals surface area contributed by atoms with Gasteiger partial charge < -0.3 is 5.43 Å². The molecule has 10 heteroatoms. The van der Waals surface area contributed by atoms with Crippen molar-refractivity contribution in [3.05, 3.63) is 45.0 Å². The highest BCUT2D eigenvalue weighted by Gasteiger charge is 2.22. The van der Waals surface area contributed by atoms with E-state index < -0.39 is 10.0 Å². The molecule has 112 valence electrons. The number of hydrogen-bond acceptors (Lipinski definition) is 5. The van der Waals surface area contributed by atoms with Gasteiger partial charge in [0.1, 0.15) is 4.90 Å². The van der Waals surface area contributed by atoms with E-state index in [0.717, 1.165) is 0 Å². The average molecular weight is 412 g/mol. The molecule has 4 N–H and O–H groups in total. The van der Waals surface area contributed by atoms with Crippen molar-refractivity contribution in [2.75, 3.05) is 10.1 Å². The molecule has 0 radical (unpaired) electrons. The van der Waals surface area contributed by atoms with Crippen molar-refractivity contribution in [3.63, 3.8) is 0 Å². The molecular weight excluding hydrogens is 403 g/mol. The molecule has 2 rings (SSSR count). The summed E-state index contributed by atoms with van der Waals surface area (Å²) >= 11 is 15.1. The molecule has 1 aromatic heterocycles. The van der Waals surface area contributed by atoms with Crippen molar-refractivity contribution >= 4 is 60.7 Å². The number of nitrogen functional groups attached to an aromatic ring is 1. The summed E-state index contributed by atoms with van der Waals surface area (Å²) in [7, 11) is -3.98. The number of nitrogens with two attached hydrogens (primary N) is 1. The van der Waals surface area contributed by atoms with Gasteiger partial charge in [0.15, 0.2) is 5.82 Å². The van der Waals surface area contributed by atoms with Gasteiger partial charge in [-0.1, -0.05) is 29.3 Å². The number of hydrogen-bond donors (Lipinski definition) is 3. The maximum Gasteiger partial charge on any atom is 0.265 e. The van der Waals surface area contributed by atoms with Crippen molar-refractivity contribution < 1.29 is 8.42 Å². The first-order valence-corrected chi connectivity index (χ1v) is 8.47. The first-order chi connectivity index (χ1) is 9.85. The molecule has 1 aromatic carbocycles. The van der Waals surface area contributed by atoms with Gasteiger partial charge in [-0.3, -0.25) is 4.72 Å². The zero-order chi connectivity index (χ0) is 15.6. The zero-order valence-corrected chi connectivity index (χ0v) is 14.2. The van der Waals surface area contributed by atoms with E-state index >= 15 is 0 Å². The Bertz CT molecular complexity index is 766. The summed E-state index contributed by atoms with van der Waals surface area (Å²) < 4.78 is 27.7. The molecule has 0 atom stereocenters. The minimum atomic E-state index is -3.98. The Hall–Kier alpha value is -1.06. The predicted molar refractivity (Wildman–Crippen MR) is 87.0 cm³/mol. The first kappa shape index (κ1) is 16.3. The van der Waals surface area contributed by atoms with Gasteiger partial charge in [-0.25, -0.2) is 19.2 Å². The molecule has 1 heterocycles. The smallest absolute Gasteiger partial charge is 0.265 e. The van der Waals surface area contributed by atoms with Crippen LogP contribution in [0.4, 0.5) is 11.5 Å². The van der Waals surface area contributed by atoms with Gasteiger partial charge in [0.25, 0.3) is 10.0 Å². The normalized spacial score (nSPS) is 11.2. The van der Waals surface area contributed by atoms with Crippen LogP contribution in [0.1, 0.15) is 0 Å². The molecule has 0 unspecified atom stereocenters. The molecule has 6 nitrogen and oxygen atoms in total. The van der Waals surface area contributed by atoms with Gasteiger partial charge in [0, 0.05) is 10.7 Å². The molecule has 0 saturated heterocycles. The van der Waals surface area contributed by atoms with Crippen LogP contribution >= 0.6 is 39.1 Å². The minimum absolute atomic E-state index is 0.00567. The third-order valence-electron chi connectivity index (χ3n) is 2.44. The van der Waals surface area contributed by atoms with E-state index in [-0.39, 0.29) is 26.4 Å². The molecule has 0 aliphatic heterocycles. The number of aromatic nitrogens is 1. The lowest BCUT2D eigenvalue weighted by Crippen LogP contribution is -2.19. The van der Waals surface area contributed by atoms with Crippen LogP contribution in [0.15, 0.2) is 39.8 Å². The molecule has 2 aromatic rings. The number of pyridine rings is 1. The molecule has 0 aliphatic rings. The third kappa shape index (κ3) is 3.58. The average Bonchev–Trinajstić information content (AvgIpc) is 2.43. The highest BCUT2D eigenvalue weighted by atomic mass is 79.9. The van der Waals surface area contributed by atoms with Crippen LogP contribution in [0.25, 0.3) is 0 Å². The van der Waals surface area contributed by atoms with Gasteiger partial charge in [-0.15, -0.1) is 0 Å². The topological polar surface area (TPSA) is 97.1 Å². The van der Waals surface area contributed by atoms with Crippen molar-refractivity contribution in [2.24, 2.45) is 5.84 Å². The summed E-state index contributed by atoms with van der Waals surface area (Å²) in [6, 6.07) is 6.00. The Morgan fingerprint density at radius 1 is 1.24 bits per heavy atom. The lowest BCUT2D eigenvalue weighted by Gasteiger charge is -2.13. The van der Waals surface area contributed by atoms with E-state index in [1.807, 2.05) is 0 Å². The Labute approximate surface area is 139 Å². The fourth-order valence-corrected chi connectivity index (χ4v) is 3.85.